The van der Waals surface area contributed by atoms with Gasteiger partial charge in [-0.25, -0.2) is 4.98 Å². The first kappa shape index (κ1) is 14.3. The highest BCUT2D eigenvalue weighted by molar-refractivity contribution is 5.50. The lowest BCUT2D eigenvalue weighted by Gasteiger charge is -2.14. The molecular formula is C16H21N3O. The maximum Gasteiger partial charge on any atom is 0.227 e. The van der Waals surface area contributed by atoms with Crippen molar-refractivity contribution >= 4 is 5.82 Å². The van der Waals surface area contributed by atoms with E-state index in [9.17, 15) is 0 Å². The number of hydrogen-bond donors (Lipinski definition) is 1. The number of aryl methyl sites for hydroxylation is 3. The first-order chi connectivity index (χ1) is 9.55. The van der Waals surface area contributed by atoms with Crippen LogP contribution in [0.2, 0.25) is 0 Å². The first-order valence-electron chi connectivity index (χ1n) is 6.85. The zero-order valence-electron chi connectivity index (χ0n) is 12.7. The van der Waals surface area contributed by atoms with E-state index in [0.717, 1.165) is 34.9 Å². The fourth-order valence-corrected chi connectivity index (χ4v) is 2.06. The molecule has 1 N–H and O–H groups in total. The first-order valence-corrected chi connectivity index (χ1v) is 6.85. The van der Waals surface area contributed by atoms with Gasteiger partial charge in [-0.3, -0.25) is 0 Å². The molecule has 0 bridgehead atoms. The molecule has 2 aromatic rings. The summed E-state index contributed by atoms with van der Waals surface area (Å²) in [7, 11) is 1.86. The van der Waals surface area contributed by atoms with Crippen LogP contribution in [-0.4, -0.2) is 17.0 Å². The van der Waals surface area contributed by atoms with Crippen LogP contribution in [0.25, 0.3) is 0 Å². The van der Waals surface area contributed by atoms with Gasteiger partial charge in [0.1, 0.15) is 17.4 Å². The zero-order valence-corrected chi connectivity index (χ0v) is 12.7. The van der Waals surface area contributed by atoms with Gasteiger partial charge in [0.25, 0.3) is 0 Å². The van der Waals surface area contributed by atoms with E-state index in [1.807, 2.05) is 40.0 Å². The quantitative estimate of drug-likeness (QED) is 0.918. The second-order valence-electron chi connectivity index (χ2n) is 4.89. The second kappa shape index (κ2) is 5.90. The summed E-state index contributed by atoms with van der Waals surface area (Å²) in [6.07, 6.45) is 0.776. The minimum atomic E-state index is 0.619. The van der Waals surface area contributed by atoms with Crippen molar-refractivity contribution in [1.29, 1.82) is 0 Å². The number of anilines is 1. The van der Waals surface area contributed by atoms with Crippen LogP contribution in [0.1, 0.15) is 29.4 Å². The predicted octanol–water partition coefficient (Wildman–Crippen LogP) is 3.80. The Labute approximate surface area is 120 Å². The number of ether oxygens (including phenoxy) is 1. The Kier molecular flexibility index (Phi) is 4.23. The van der Waals surface area contributed by atoms with E-state index < -0.39 is 0 Å². The van der Waals surface area contributed by atoms with Crippen LogP contribution >= 0.6 is 0 Å². The highest BCUT2D eigenvalue weighted by atomic mass is 16.5. The van der Waals surface area contributed by atoms with E-state index in [2.05, 4.69) is 28.3 Å². The Balaban J connectivity index is 2.42. The van der Waals surface area contributed by atoms with Crippen molar-refractivity contribution in [1.82, 2.24) is 9.97 Å². The van der Waals surface area contributed by atoms with E-state index in [0.29, 0.717) is 5.88 Å². The normalized spacial score (nSPS) is 10.4. The van der Waals surface area contributed by atoms with Gasteiger partial charge >= 0.3 is 0 Å². The molecule has 1 aromatic heterocycles. The van der Waals surface area contributed by atoms with Crippen molar-refractivity contribution in [3.8, 4) is 11.6 Å². The van der Waals surface area contributed by atoms with E-state index >= 15 is 0 Å². The van der Waals surface area contributed by atoms with Gasteiger partial charge < -0.3 is 10.1 Å². The molecule has 0 aliphatic rings. The monoisotopic (exact) mass is 271 g/mol. The van der Waals surface area contributed by atoms with Gasteiger partial charge in [-0.15, -0.1) is 0 Å². The Morgan fingerprint density at radius 2 is 1.90 bits per heavy atom. The van der Waals surface area contributed by atoms with Crippen molar-refractivity contribution < 1.29 is 4.74 Å². The fraction of sp³-hybridized carbons (Fsp3) is 0.375. The number of aromatic nitrogens is 2. The van der Waals surface area contributed by atoms with Gasteiger partial charge in [0, 0.05) is 13.5 Å². The molecule has 0 fully saturated rings. The van der Waals surface area contributed by atoms with Crippen molar-refractivity contribution in [2.24, 2.45) is 0 Å². The van der Waals surface area contributed by atoms with Gasteiger partial charge in [0.05, 0.1) is 5.56 Å². The number of rotatable bonds is 4. The summed E-state index contributed by atoms with van der Waals surface area (Å²) in [5, 5.41) is 3.09. The summed E-state index contributed by atoms with van der Waals surface area (Å²) in [4.78, 5) is 8.93. The maximum atomic E-state index is 5.99. The molecule has 0 amide bonds. The van der Waals surface area contributed by atoms with Crippen LogP contribution in [0.4, 0.5) is 5.82 Å². The average Bonchev–Trinajstić information content (AvgIpc) is 2.43. The molecule has 0 spiro atoms. The van der Waals surface area contributed by atoms with Crippen molar-refractivity contribution in [3.63, 3.8) is 0 Å². The summed E-state index contributed by atoms with van der Waals surface area (Å²) in [6.45, 7) is 8.11. The van der Waals surface area contributed by atoms with E-state index in [-0.39, 0.29) is 0 Å². The Morgan fingerprint density at radius 3 is 2.50 bits per heavy atom. The third-order valence-electron chi connectivity index (χ3n) is 3.24. The summed E-state index contributed by atoms with van der Waals surface area (Å²) in [5.74, 6) is 3.05. The minimum absolute atomic E-state index is 0.619. The van der Waals surface area contributed by atoms with Crippen LogP contribution in [0.5, 0.6) is 11.6 Å². The SMILES string of the molecule is CCc1nc(NC)c(C)c(Oc2ccc(C)cc2C)n1. The number of benzene rings is 1. The lowest BCUT2D eigenvalue weighted by atomic mass is 10.1. The van der Waals surface area contributed by atoms with Gasteiger partial charge in [0.2, 0.25) is 5.88 Å². The topological polar surface area (TPSA) is 47.0 Å². The summed E-state index contributed by atoms with van der Waals surface area (Å²) in [6, 6.07) is 6.13. The van der Waals surface area contributed by atoms with Crippen LogP contribution in [0.3, 0.4) is 0 Å². The summed E-state index contributed by atoms with van der Waals surface area (Å²) in [5.41, 5.74) is 3.25. The molecule has 106 valence electrons. The van der Waals surface area contributed by atoms with Gasteiger partial charge in [0.15, 0.2) is 0 Å². The van der Waals surface area contributed by atoms with Crippen molar-refractivity contribution in [3.05, 3.63) is 40.7 Å². The van der Waals surface area contributed by atoms with Gasteiger partial charge in [-0.05, 0) is 32.4 Å². The lowest BCUT2D eigenvalue weighted by molar-refractivity contribution is 0.451. The fourth-order valence-electron chi connectivity index (χ4n) is 2.06. The molecule has 1 heterocycles. The molecule has 4 heteroatoms. The molecular weight excluding hydrogens is 250 g/mol. The molecule has 0 radical (unpaired) electrons. The highest BCUT2D eigenvalue weighted by Crippen LogP contribution is 2.29. The molecule has 20 heavy (non-hydrogen) atoms. The van der Waals surface area contributed by atoms with Crippen molar-refractivity contribution in [2.75, 3.05) is 12.4 Å². The summed E-state index contributed by atoms with van der Waals surface area (Å²) >= 11 is 0. The predicted molar refractivity (Wildman–Crippen MR) is 81.7 cm³/mol. The van der Waals surface area contributed by atoms with E-state index in [4.69, 9.17) is 4.74 Å². The van der Waals surface area contributed by atoms with Gasteiger partial charge in [-0.2, -0.15) is 4.98 Å². The number of hydrogen-bond acceptors (Lipinski definition) is 4. The van der Waals surface area contributed by atoms with Crippen LogP contribution < -0.4 is 10.1 Å². The van der Waals surface area contributed by atoms with Crippen LogP contribution in [0.15, 0.2) is 18.2 Å². The average molecular weight is 271 g/mol. The van der Waals surface area contributed by atoms with Gasteiger partial charge in [-0.1, -0.05) is 24.6 Å². The van der Waals surface area contributed by atoms with Crippen molar-refractivity contribution in [2.45, 2.75) is 34.1 Å². The second-order valence-corrected chi connectivity index (χ2v) is 4.89. The minimum Gasteiger partial charge on any atom is -0.438 e. The lowest BCUT2D eigenvalue weighted by Crippen LogP contribution is -2.05. The Bertz CT molecular complexity index is 623. The molecule has 0 aliphatic heterocycles. The number of nitrogens with one attached hydrogen (secondary N) is 1. The Hall–Kier alpha value is -2.10. The third-order valence-corrected chi connectivity index (χ3v) is 3.24. The molecule has 0 saturated heterocycles. The molecule has 1 aromatic carbocycles. The maximum absolute atomic E-state index is 5.99. The largest absolute Gasteiger partial charge is 0.438 e. The zero-order chi connectivity index (χ0) is 14.7. The smallest absolute Gasteiger partial charge is 0.227 e. The van der Waals surface area contributed by atoms with E-state index in [1.165, 1.54) is 5.56 Å². The highest BCUT2D eigenvalue weighted by Gasteiger charge is 2.12. The van der Waals surface area contributed by atoms with E-state index in [1.54, 1.807) is 0 Å². The molecule has 2 rings (SSSR count). The summed E-state index contributed by atoms with van der Waals surface area (Å²) < 4.78 is 5.99. The molecule has 0 unspecified atom stereocenters. The number of nitrogens with zero attached hydrogens (tertiary/aromatic N) is 2. The standard InChI is InChI=1S/C16H21N3O/c1-6-14-18-15(17-5)12(4)16(19-14)20-13-8-7-10(2)9-11(13)3/h7-9H,6H2,1-5H3,(H,17,18,19). The van der Waals surface area contributed by atoms with Crippen LogP contribution in [0, 0.1) is 20.8 Å². The Morgan fingerprint density at radius 1 is 1.15 bits per heavy atom. The molecule has 4 nitrogen and oxygen atoms in total. The third kappa shape index (κ3) is 2.90. The molecule has 0 atom stereocenters. The molecule has 0 aliphatic carbocycles. The molecule has 0 saturated carbocycles. The van der Waals surface area contributed by atoms with Crippen LogP contribution in [-0.2, 0) is 6.42 Å².